The van der Waals surface area contributed by atoms with Crippen LogP contribution < -0.4 is 10.9 Å². The number of Topliss-reactive ketones (excluding diaryl/α,β-unsaturated/α-hetero) is 1. The van der Waals surface area contributed by atoms with Crippen LogP contribution in [-0.4, -0.2) is 26.1 Å². The van der Waals surface area contributed by atoms with Crippen molar-refractivity contribution < 1.29 is 14.3 Å². The molecular formula is C15H10FN3O3. The molecule has 0 saturated heterocycles. The molecule has 0 bridgehead atoms. The molecule has 6 nitrogen and oxygen atoms in total. The second-order valence-corrected chi connectivity index (χ2v) is 5.91. The molecule has 4 rings (SSSR count). The van der Waals surface area contributed by atoms with Crippen molar-refractivity contribution >= 4 is 33.2 Å². The number of aliphatic hydroxyl groups is 1. The van der Waals surface area contributed by atoms with Gasteiger partial charge in [0.25, 0.3) is 5.56 Å². The highest BCUT2D eigenvalue weighted by Crippen LogP contribution is 2.36. The highest BCUT2D eigenvalue weighted by molar-refractivity contribution is 6.22. The number of benzene rings is 1. The standard InChI is InChI=1S/C15H10FN3O3/c1-15(2)12(20)10-9-8-6(3-5(16)4-7(8)17-10)14(22)19-18-11(9)13(15)21/h3-4,17,21H,1-2H3. The first kappa shape index (κ1) is 12.9. The van der Waals surface area contributed by atoms with E-state index in [2.05, 4.69) is 15.2 Å². The molecule has 0 amide bonds. The lowest BCUT2D eigenvalue weighted by atomic mass is 9.80. The molecule has 0 aliphatic heterocycles. The van der Waals surface area contributed by atoms with Crippen molar-refractivity contribution in [1.29, 1.82) is 0 Å². The molecule has 0 unspecified atom stereocenters. The second-order valence-electron chi connectivity index (χ2n) is 5.91. The molecule has 1 aliphatic carbocycles. The minimum atomic E-state index is -1.20. The minimum Gasteiger partial charge on any atom is -0.509 e. The molecule has 1 aliphatic rings. The average Bonchev–Trinajstić information content (AvgIpc) is 2.76. The summed E-state index contributed by atoms with van der Waals surface area (Å²) in [5.41, 5.74) is -1.41. The minimum absolute atomic E-state index is 0.0200. The number of H-pyrrole nitrogens is 1. The molecule has 2 heterocycles. The molecule has 1 aromatic carbocycles. The van der Waals surface area contributed by atoms with Gasteiger partial charge in [0.1, 0.15) is 16.9 Å². The first-order chi connectivity index (χ1) is 10.3. The highest BCUT2D eigenvalue weighted by atomic mass is 19.1. The maximum atomic E-state index is 13.7. The Morgan fingerprint density at radius 2 is 1.91 bits per heavy atom. The Hall–Kier alpha value is -2.83. The highest BCUT2D eigenvalue weighted by Gasteiger charge is 2.40. The zero-order chi connectivity index (χ0) is 15.8. The van der Waals surface area contributed by atoms with Crippen LogP contribution >= 0.6 is 0 Å². The van der Waals surface area contributed by atoms with Gasteiger partial charge >= 0.3 is 0 Å². The topological polar surface area (TPSA) is 95.9 Å². The third-order valence-corrected chi connectivity index (χ3v) is 4.18. The molecule has 22 heavy (non-hydrogen) atoms. The van der Waals surface area contributed by atoms with E-state index >= 15 is 0 Å². The second kappa shape index (κ2) is 3.68. The molecule has 0 fully saturated rings. The van der Waals surface area contributed by atoms with Crippen LogP contribution in [0.25, 0.3) is 27.4 Å². The Balaban J connectivity index is 2.47. The molecule has 0 radical (unpaired) electrons. The molecule has 7 heteroatoms. The summed E-state index contributed by atoms with van der Waals surface area (Å²) < 4.78 is 13.7. The van der Waals surface area contributed by atoms with E-state index in [1.807, 2.05) is 0 Å². The molecule has 2 N–H and O–H groups in total. The normalized spacial score (nSPS) is 16.7. The third kappa shape index (κ3) is 1.33. The fourth-order valence-corrected chi connectivity index (χ4v) is 2.95. The first-order valence-electron chi connectivity index (χ1n) is 6.62. The third-order valence-electron chi connectivity index (χ3n) is 4.18. The van der Waals surface area contributed by atoms with E-state index in [1.165, 1.54) is 6.07 Å². The van der Waals surface area contributed by atoms with Gasteiger partial charge in [-0.15, -0.1) is 10.2 Å². The number of hydrogen-bond donors (Lipinski definition) is 2. The predicted molar refractivity (Wildman–Crippen MR) is 77.0 cm³/mol. The molecule has 3 aromatic rings. The number of hydrogen-bond acceptors (Lipinski definition) is 5. The van der Waals surface area contributed by atoms with Crippen molar-refractivity contribution in [3.63, 3.8) is 0 Å². The summed E-state index contributed by atoms with van der Waals surface area (Å²) in [6.07, 6.45) is 0. The summed E-state index contributed by atoms with van der Waals surface area (Å²) in [5, 5.41) is 18.5. The first-order valence-corrected chi connectivity index (χ1v) is 6.62. The van der Waals surface area contributed by atoms with Crippen LogP contribution in [0.4, 0.5) is 4.39 Å². The van der Waals surface area contributed by atoms with Gasteiger partial charge in [-0.1, -0.05) is 0 Å². The Kier molecular flexibility index (Phi) is 2.15. The van der Waals surface area contributed by atoms with Crippen LogP contribution in [0.2, 0.25) is 0 Å². The van der Waals surface area contributed by atoms with Crippen molar-refractivity contribution in [3.8, 4) is 0 Å². The van der Waals surface area contributed by atoms with Crippen molar-refractivity contribution in [1.82, 2.24) is 15.2 Å². The van der Waals surface area contributed by atoms with Gasteiger partial charge < -0.3 is 10.1 Å². The summed E-state index contributed by atoms with van der Waals surface area (Å²) in [7, 11) is 0. The van der Waals surface area contributed by atoms with Gasteiger partial charge in [0.2, 0.25) is 0 Å². The smallest absolute Gasteiger partial charge is 0.296 e. The molecule has 110 valence electrons. The zero-order valence-electron chi connectivity index (χ0n) is 11.7. The van der Waals surface area contributed by atoms with E-state index in [1.54, 1.807) is 13.8 Å². The van der Waals surface area contributed by atoms with Crippen LogP contribution in [0.5, 0.6) is 0 Å². The van der Waals surface area contributed by atoms with E-state index in [0.717, 1.165) is 6.07 Å². The Morgan fingerprint density at radius 3 is 2.64 bits per heavy atom. The van der Waals surface area contributed by atoms with E-state index in [9.17, 15) is 19.1 Å². The Labute approximate surface area is 122 Å². The number of carbonyl (C=O) groups is 1. The average molecular weight is 299 g/mol. The largest absolute Gasteiger partial charge is 0.509 e. The van der Waals surface area contributed by atoms with Crippen LogP contribution in [0.1, 0.15) is 24.3 Å². The summed E-state index contributed by atoms with van der Waals surface area (Å²) in [6.45, 7) is 3.10. The number of aliphatic hydroxyl groups excluding tert-OH is 1. The number of aromatic nitrogens is 3. The maximum absolute atomic E-state index is 13.7. The number of halogens is 1. The monoisotopic (exact) mass is 299 g/mol. The van der Waals surface area contributed by atoms with E-state index in [4.69, 9.17) is 0 Å². The van der Waals surface area contributed by atoms with Gasteiger partial charge in [-0.25, -0.2) is 4.39 Å². The predicted octanol–water partition coefficient (Wildman–Crippen LogP) is 1.22. The SMILES string of the molecule is CC1(C)C(=O)c2[nH]c3cc(F)cc4c(=O)nnc(c2c34)=C1O. The number of rotatable bonds is 0. The zero-order valence-corrected chi connectivity index (χ0v) is 11.7. The number of nitrogens with zero attached hydrogens (tertiary/aromatic N) is 2. The van der Waals surface area contributed by atoms with E-state index in [0.29, 0.717) is 16.3 Å². The Bertz CT molecular complexity index is 1110. The van der Waals surface area contributed by atoms with Crippen molar-refractivity contribution in [2.45, 2.75) is 13.8 Å². The van der Waals surface area contributed by atoms with Gasteiger partial charge in [0.05, 0.1) is 22.0 Å². The fraction of sp³-hybridized carbons (Fsp3) is 0.200. The van der Waals surface area contributed by atoms with Crippen molar-refractivity contribution in [3.05, 3.63) is 39.3 Å². The fourth-order valence-electron chi connectivity index (χ4n) is 2.95. The maximum Gasteiger partial charge on any atom is 0.296 e. The molecular weight excluding hydrogens is 289 g/mol. The van der Waals surface area contributed by atoms with Gasteiger partial charge in [0.15, 0.2) is 5.78 Å². The number of carbonyl (C=O) groups excluding carboxylic acids is 1. The van der Waals surface area contributed by atoms with Crippen molar-refractivity contribution in [2.75, 3.05) is 0 Å². The lowest BCUT2D eigenvalue weighted by Gasteiger charge is -2.24. The summed E-state index contributed by atoms with van der Waals surface area (Å²) in [4.78, 5) is 27.5. The number of nitrogens with one attached hydrogen (secondary N) is 1. The Morgan fingerprint density at radius 1 is 1.18 bits per heavy atom. The van der Waals surface area contributed by atoms with E-state index in [-0.39, 0.29) is 28.0 Å². The van der Waals surface area contributed by atoms with E-state index < -0.39 is 16.8 Å². The lowest BCUT2D eigenvalue weighted by Crippen LogP contribution is -2.36. The molecule has 2 aromatic heterocycles. The van der Waals surface area contributed by atoms with Crippen molar-refractivity contribution in [2.24, 2.45) is 5.41 Å². The number of ketones is 1. The van der Waals surface area contributed by atoms with Crippen LogP contribution in [0.15, 0.2) is 16.9 Å². The summed E-state index contributed by atoms with van der Waals surface area (Å²) >= 11 is 0. The van der Waals surface area contributed by atoms with Gasteiger partial charge in [-0.05, 0) is 26.0 Å². The number of aromatic amines is 1. The molecule has 0 saturated carbocycles. The quantitative estimate of drug-likeness (QED) is 0.650. The van der Waals surface area contributed by atoms with Crippen LogP contribution in [0.3, 0.4) is 0 Å². The lowest BCUT2D eigenvalue weighted by molar-refractivity contribution is 0.0864. The van der Waals surface area contributed by atoms with Gasteiger partial charge in [-0.3, -0.25) is 9.59 Å². The summed E-state index contributed by atoms with van der Waals surface area (Å²) in [5.74, 6) is -1.22. The molecule has 0 atom stereocenters. The van der Waals surface area contributed by atoms with Crippen LogP contribution in [-0.2, 0) is 0 Å². The van der Waals surface area contributed by atoms with Gasteiger partial charge in [0, 0.05) is 10.8 Å². The summed E-state index contributed by atoms with van der Waals surface area (Å²) in [6, 6.07) is 2.26. The molecule has 0 spiro atoms. The van der Waals surface area contributed by atoms with Gasteiger partial charge in [-0.2, -0.15) is 0 Å². The van der Waals surface area contributed by atoms with Crippen LogP contribution in [0, 0.1) is 11.2 Å².